The van der Waals surface area contributed by atoms with Crippen molar-refractivity contribution in [2.75, 3.05) is 13.2 Å². The fourth-order valence-corrected chi connectivity index (χ4v) is 7.15. The van der Waals surface area contributed by atoms with E-state index in [0.29, 0.717) is 19.3 Å². The van der Waals surface area contributed by atoms with Gasteiger partial charge in [-0.1, -0.05) is 234 Å². The van der Waals surface area contributed by atoms with Crippen molar-refractivity contribution in [1.82, 2.24) is 0 Å². The van der Waals surface area contributed by atoms with E-state index in [0.717, 1.165) is 122 Å². The van der Waals surface area contributed by atoms with E-state index in [1.54, 1.807) is 0 Å². The normalized spacial score (nSPS) is 12.8. The smallest absolute Gasteiger partial charge is 0.306 e. The minimum Gasteiger partial charge on any atom is -0.462 e. The highest BCUT2D eigenvalue weighted by molar-refractivity contribution is 5.71. The molecule has 6 nitrogen and oxygen atoms in total. The fraction of sp³-hybridized carbons (Fsp3) is 0.678. The SMILES string of the molecule is CC/C=C\C/C=C\C/C=C\C/C=C\CCCCCCCCC(=O)OCC(COC(=O)CCCCCCCCCCCC)OC(=O)CCCCCCC\C=C/C=C\C=C/C=C\CCCCC. The molecule has 0 amide bonds. The van der Waals surface area contributed by atoms with Crippen LogP contribution in [-0.4, -0.2) is 37.2 Å². The Morgan fingerprint density at radius 1 is 0.338 bits per heavy atom. The topological polar surface area (TPSA) is 78.9 Å². The molecule has 0 aromatic carbocycles. The summed E-state index contributed by atoms with van der Waals surface area (Å²) in [5.41, 5.74) is 0. The summed E-state index contributed by atoms with van der Waals surface area (Å²) in [5.74, 6) is -0.931. The molecule has 0 aromatic rings. The molecule has 0 saturated carbocycles. The molecule has 0 aliphatic carbocycles. The Balaban J connectivity index is 4.43. The molecule has 0 heterocycles. The second-order valence-corrected chi connectivity index (χ2v) is 17.5. The maximum atomic E-state index is 12.8. The number of allylic oxidation sites excluding steroid dienone is 16. The lowest BCUT2D eigenvalue weighted by molar-refractivity contribution is -0.167. The number of hydrogen-bond donors (Lipinski definition) is 0. The predicted molar refractivity (Wildman–Crippen MR) is 279 cm³/mol. The molecule has 0 N–H and O–H groups in total. The Morgan fingerprint density at radius 2 is 0.662 bits per heavy atom. The first-order chi connectivity index (χ1) is 32.0. The summed E-state index contributed by atoms with van der Waals surface area (Å²) in [6, 6.07) is 0. The molecule has 0 fully saturated rings. The number of ether oxygens (including phenoxy) is 3. The summed E-state index contributed by atoms with van der Waals surface area (Å²) in [4.78, 5) is 38.0. The van der Waals surface area contributed by atoms with Crippen LogP contribution in [0.15, 0.2) is 97.2 Å². The van der Waals surface area contributed by atoms with Crippen LogP contribution < -0.4 is 0 Å². The highest BCUT2D eigenvalue weighted by atomic mass is 16.6. The van der Waals surface area contributed by atoms with Crippen molar-refractivity contribution in [3.63, 3.8) is 0 Å². The van der Waals surface area contributed by atoms with Crippen LogP contribution in [0.1, 0.15) is 239 Å². The van der Waals surface area contributed by atoms with Crippen molar-refractivity contribution in [3.05, 3.63) is 97.2 Å². The lowest BCUT2D eigenvalue weighted by Gasteiger charge is -2.18. The van der Waals surface area contributed by atoms with E-state index >= 15 is 0 Å². The van der Waals surface area contributed by atoms with Crippen molar-refractivity contribution in [3.8, 4) is 0 Å². The van der Waals surface area contributed by atoms with Crippen LogP contribution in [0.3, 0.4) is 0 Å². The summed E-state index contributed by atoms with van der Waals surface area (Å²) in [5, 5.41) is 0. The maximum Gasteiger partial charge on any atom is 0.306 e. The molecule has 65 heavy (non-hydrogen) atoms. The van der Waals surface area contributed by atoms with Gasteiger partial charge in [0.1, 0.15) is 13.2 Å². The van der Waals surface area contributed by atoms with Crippen molar-refractivity contribution in [1.29, 1.82) is 0 Å². The molecule has 0 radical (unpaired) electrons. The van der Waals surface area contributed by atoms with Gasteiger partial charge in [0.25, 0.3) is 0 Å². The van der Waals surface area contributed by atoms with Crippen molar-refractivity contribution >= 4 is 17.9 Å². The number of carbonyl (C=O) groups is 3. The second-order valence-electron chi connectivity index (χ2n) is 17.5. The van der Waals surface area contributed by atoms with E-state index in [4.69, 9.17) is 14.2 Å². The zero-order valence-electron chi connectivity index (χ0n) is 42.2. The summed E-state index contributed by atoms with van der Waals surface area (Å²) >= 11 is 0. The molecule has 1 atom stereocenters. The summed E-state index contributed by atoms with van der Waals surface area (Å²) < 4.78 is 16.8. The minimum atomic E-state index is -0.795. The van der Waals surface area contributed by atoms with E-state index in [-0.39, 0.29) is 31.1 Å². The largest absolute Gasteiger partial charge is 0.462 e. The molecule has 0 rings (SSSR count). The van der Waals surface area contributed by atoms with E-state index in [2.05, 4.69) is 118 Å². The minimum absolute atomic E-state index is 0.0916. The Labute approximate surface area is 400 Å². The molecule has 370 valence electrons. The molecular weight excluding hydrogens is 805 g/mol. The first-order valence-corrected chi connectivity index (χ1v) is 26.8. The fourth-order valence-electron chi connectivity index (χ4n) is 7.15. The summed E-state index contributed by atoms with van der Waals surface area (Å²) in [6.07, 6.45) is 69.6. The third-order valence-corrected chi connectivity index (χ3v) is 11.2. The van der Waals surface area contributed by atoms with Gasteiger partial charge in [0.2, 0.25) is 0 Å². The maximum absolute atomic E-state index is 12.8. The monoisotopic (exact) mass is 903 g/mol. The van der Waals surface area contributed by atoms with Crippen molar-refractivity contribution in [2.45, 2.75) is 245 Å². The lowest BCUT2D eigenvalue weighted by Crippen LogP contribution is -2.30. The zero-order chi connectivity index (χ0) is 47.2. The molecule has 1 unspecified atom stereocenters. The first-order valence-electron chi connectivity index (χ1n) is 26.8. The van der Waals surface area contributed by atoms with Crippen LogP contribution >= 0.6 is 0 Å². The summed E-state index contributed by atoms with van der Waals surface area (Å²) in [7, 11) is 0. The van der Waals surface area contributed by atoms with Gasteiger partial charge in [-0.05, 0) is 83.5 Å². The Bertz CT molecular complexity index is 1310. The Kier molecular flexibility index (Phi) is 50.0. The zero-order valence-corrected chi connectivity index (χ0v) is 42.2. The molecule has 6 heteroatoms. The average Bonchev–Trinajstić information content (AvgIpc) is 3.30. The standard InChI is InChI=1S/C59H98O6/c1-4-7-10-13-16-19-22-24-26-28-30-32-33-35-37-40-43-46-49-52-58(61)64-55-56(54-63-57(60)51-48-45-42-39-21-18-15-12-9-6-3)65-59(62)53-50-47-44-41-38-36-34-31-29-27-25-23-20-17-14-11-8-5-2/h7,10,16-17,19-20,23-27,29-32,34,56H,4-6,8-9,11-15,18,21-22,28,33,35-55H2,1-3H3/b10-7-,19-16-,20-17-,25-23-,26-24-,29-27-,32-30-,34-31-. The van der Waals surface area contributed by atoms with Crippen LogP contribution in [-0.2, 0) is 28.6 Å². The van der Waals surface area contributed by atoms with E-state index < -0.39 is 6.10 Å². The third-order valence-electron chi connectivity index (χ3n) is 11.2. The van der Waals surface area contributed by atoms with Gasteiger partial charge in [-0.15, -0.1) is 0 Å². The lowest BCUT2D eigenvalue weighted by atomic mass is 10.1. The van der Waals surface area contributed by atoms with Crippen molar-refractivity contribution in [2.24, 2.45) is 0 Å². The number of hydrogen-bond acceptors (Lipinski definition) is 6. The van der Waals surface area contributed by atoms with E-state index in [9.17, 15) is 14.4 Å². The molecule has 0 saturated heterocycles. The van der Waals surface area contributed by atoms with Gasteiger partial charge in [-0.3, -0.25) is 14.4 Å². The highest BCUT2D eigenvalue weighted by Crippen LogP contribution is 2.14. The third kappa shape index (κ3) is 51.2. The molecular formula is C59H98O6. The summed E-state index contributed by atoms with van der Waals surface area (Å²) in [6.45, 7) is 6.44. The van der Waals surface area contributed by atoms with Gasteiger partial charge >= 0.3 is 17.9 Å². The van der Waals surface area contributed by atoms with Crippen molar-refractivity contribution < 1.29 is 28.6 Å². The second kappa shape index (κ2) is 52.9. The quantitative estimate of drug-likeness (QED) is 0.0199. The van der Waals surface area contributed by atoms with Gasteiger partial charge in [0.15, 0.2) is 6.10 Å². The number of rotatable bonds is 47. The molecule has 0 bridgehead atoms. The van der Waals surface area contributed by atoms with Gasteiger partial charge in [0.05, 0.1) is 0 Å². The average molecular weight is 903 g/mol. The Hall–Kier alpha value is -3.67. The highest BCUT2D eigenvalue weighted by Gasteiger charge is 2.19. The van der Waals surface area contributed by atoms with Crippen LogP contribution in [0.25, 0.3) is 0 Å². The van der Waals surface area contributed by atoms with E-state index in [1.165, 1.54) is 77.0 Å². The molecule has 0 aromatic heterocycles. The first kappa shape index (κ1) is 61.3. The van der Waals surface area contributed by atoms with E-state index in [1.807, 2.05) is 0 Å². The van der Waals surface area contributed by atoms with Crippen LogP contribution in [0.5, 0.6) is 0 Å². The number of esters is 3. The van der Waals surface area contributed by atoms with Gasteiger partial charge in [0, 0.05) is 19.3 Å². The van der Waals surface area contributed by atoms with Crippen LogP contribution in [0, 0.1) is 0 Å². The predicted octanol–water partition coefficient (Wildman–Crippen LogP) is 17.8. The molecule has 0 aliphatic rings. The molecule has 0 aliphatic heterocycles. The van der Waals surface area contributed by atoms with Gasteiger partial charge in [-0.2, -0.15) is 0 Å². The van der Waals surface area contributed by atoms with Crippen LogP contribution in [0.2, 0.25) is 0 Å². The van der Waals surface area contributed by atoms with Gasteiger partial charge in [-0.25, -0.2) is 0 Å². The number of unbranched alkanes of at least 4 members (excludes halogenated alkanes) is 23. The van der Waals surface area contributed by atoms with Crippen LogP contribution in [0.4, 0.5) is 0 Å². The number of carbonyl (C=O) groups excluding carboxylic acids is 3. The molecule has 0 spiro atoms. The Morgan fingerprint density at radius 3 is 1.11 bits per heavy atom. The van der Waals surface area contributed by atoms with Gasteiger partial charge < -0.3 is 14.2 Å².